The lowest BCUT2D eigenvalue weighted by Gasteiger charge is -2.07. The molecule has 2 heteroatoms. The number of hydrogen-bond acceptors (Lipinski definition) is 1. The predicted octanol–water partition coefficient (Wildman–Crippen LogP) is 4.67. The van der Waals surface area contributed by atoms with Crippen LogP contribution in [-0.2, 0) is 0 Å². The van der Waals surface area contributed by atoms with E-state index in [0.29, 0.717) is 0 Å². The van der Waals surface area contributed by atoms with Crippen molar-refractivity contribution in [1.29, 1.82) is 0 Å². The molecule has 0 spiro atoms. The Morgan fingerprint density at radius 2 is 1.72 bits per heavy atom. The van der Waals surface area contributed by atoms with E-state index < -0.39 is 0 Å². The minimum absolute atomic E-state index is 0.218. The summed E-state index contributed by atoms with van der Waals surface area (Å²) in [4.78, 5) is 0. The van der Waals surface area contributed by atoms with E-state index in [1.165, 1.54) is 12.1 Å². The zero-order valence-electron chi connectivity index (χ0n) is 10.5. The summed E-state index contributed by atoms with van der Waals surface area (Å²) >= 11 is 0. The van der Waals surface area contributed by atoms with Gasteiger partial charge in [-0.1, -0.05) is 37.6 Å². The van der Waals surface area contributed by atoms with E-state index in [4.69, 9.17) is 4.74 Å². The van der Waals surface area contributed by atoms with Crippen molar-refractivity contribution in [1.82, 2.24) is 0 Å². The fourth-order valence-corrected chi connectivity index (χ4v) is 1.77. The van der Waals surface area contributed by atoms with Crippen molar-refractivity contribution in [3.05, 3.63) is 54.3 Å². The standard InChI is InChI=1S/C16H17FO/c1-2-3-10-18-16-9-5-7-14(12-16)13-6-4-8-15(17)11-13/h4-9,11-12H,2-3,10H2,1H3. The highest BCUT2D eigenvalue weighted by Crippen LogP contribution is 2.24. The maximum absolute atomic E-state index is 13.2. The molecule has 94 valence electrons. The first kappa shape index (κ1) is 12.6. The maximum atomic E-state index is 13.2. The first-order valence-corrected chi connectivity index (χ1v) is 6.28. The molecule has 0 fully saturated rings. The van der Waals surface area contributed by atoms with E-state index in [1.807, 2.05) is 30.3 Å². The molecule has 2 aromatic rings. The van der Waals surface area contributed by atoms with E-state index in [1.54, 1.807) is 6.07 Å². The smallest absolute Gasteiger partial charge is 0.123 e. The molecular weight excluding hydrogens is 227 g/mol. The Hall–Kier alpha value is -1.83. The van der Waals surface area contributed by atoms with Crippen molar-refractivity contribution in [2.45, 2.75) is 19.8 Å². The molecule has 0 N–H and O–H groups in total. The zero-order valence-corrected chi connectivity index (χ0v) is 10.5. The highest BCUT2D eigenvalue weighted by Gasteiger charge is 2.01. The van der Waals surface area contributed by atoms with E-state index in [0.717, 1.165) is 36.3 Å². The molecule has 0 aliphatic rings. The molecule has 2 aromatic carbocycles. The van der Waals surface area contributed by atoms with Crippen molar-refractivity contribution in [2.75, 3.05) is 6.61 Å². The zero-order chi connectivity index (χ0) is 12.8. The SMILES string of the molecule is CCCCOc1cccc(-c2cccc(F)c2)c1. The summed E-state index contributed by atoms with van der Waals surface area (Å²) in [6.07, 6.45) is 2.16. The number of hydrogen-bond donors (Lipinski definition) is 0. The van der Waals surface area contributed by atoms with E-state index in [9.17, 15) is 4.39 Å². The van der Waals surface area contributed by atoms with Crippen LogP contribution in [0.2, 0.25) is 0 Å². The number of benzene rings is 2. The minimum Gasteiger partial charge on any atom is -0.494 e. The average Bonchev–Trinajstić information content (AvgIpc) is 2.39. The van der Waals surface area contributed by atoms with Crippen LogP contribution in [0.1, 0.15) is 19.8 Å². The number of ether oxygens (including phenoxy) is 1. The fraction of sp³-hybridized carbons (Fsp3) is 0.250. The number of halogens is 1. The third kappa shape index (κ3) is 3.33. The third-order valence-corrected chi connectivity index (χ3v) is 2.76. The molecule has 0 heterocycles. The Balaban J connectivity index is 2.16. The average molecular weight is 244 g/mol. The second kappa shape index (κ2) is 6.20. The van der Waals surface area contributed by atoms with Crippen LogP contribution in [0.3, 0.4) is 0 Å². The van der Waals surface area contributed by atoms with Crippen LogP contribution < -0.4 is 4.74 Å². The van der Waals surface area contributed by atoms with Crippen molar-refractivity contribution < 1.29 is 9.13 Å². The van der Waals surface area contributed by atoms with Gasteiger partial charge in [0, 0.05) is 0 Å². The molecule has 0 bridgehead atoms. The van der Waals surface area contributed by atoms with Gasteiger partial charge in [-0.2, -0.15) is 0 Å². The van der Waals surface area contributed by atoms with Crippen LogP contribution in [0, 0.1) is 5.82 Å². The van der Waals surface area contributed by atoms with Gasteiger partial charge in [0.05, 0.1) is 6.61 Å². The van der Waals surface area contributed by atoms with Crippen LogP contribution in [0.5, 0.6) is 5.75 Å². The molecule has 18 heavy (non-hydrogen) atoms. The summed E-state index contributed by atoms with van der Waals surface area (Å²) in [5.74, 6) is 0.620. The van der Waals surface area contributed by atoms with Gasteiger partial charge in [0.25, 0.3) is 0 Å². The Labute approximate surface area is 107 Å². The molecule has 0 amide bonds. The molecule has 0 atom stereocenters. The van der Waals surface area contributed by atoms with Crippen molar-refractivity contribution in [2.24, 2.45) is 0 Å². The number of unbranched alkanes of at least 4 members (excludes halogenated alkanes) is 1. The molecule has 0 radical (unpaired) electrons. The van der Waals surface area contributed by atoms with Gasteiger partial charge in [0.2, 0.25) is 0 Å². The molecule has 0 aliphatic carbocycles. The summed E-state index contributed by atoms with van der Waals surface area (Å²) in [7, 11) is 0. The van der Waals surface area contributed by atoms with Crippen LogP contribution in [-0.4, -0.2) is 6.61 Å². The van der Waals surface area contributed by atoms with E-state index in [2.05, 4.69) is 6.92 Å². The molecule has 0 saturated heterocycles. The summed E-state index contributed by atoms with van der Waals surface area (Å²) in [6, 6.07) is 14.4. The van der Waals surface area contributed by atoms with Gasteiger partial charge in [0.15, 0.2) is 0 Å². The second-order valence-electron chi connectivity index (χ2n) is 4.24. The van der Waals surface area contributed by atoms with Crippen molar-refractivity contribution >= 4 is 0 Å². The molecule has 0 unspecified atom stereocenters. The molecule has 0 aliphatic heterocycles. The van der Waals surface area contributed by atoms with E-state index in [-0.39, 0.29) is 5.82 Å². The lowest BCUT2D eigenvalue weighted by Crippen LogP contribution is -1.96. The van der Waals surface area contributed by atoms with Crippen LogP contribution in [0.15, 0.2) is 48.5 Å². The molecule has 0 saturated carbocycles. The molecule has 1 nitrogen and oxygen atoms in total. The van der Waals surface area contributed by atoms with Crippen molar-refractivity contribution in [3.63, 3.8) is 0 Å². The first-order chi connectivity index (χ1) is 8.79. The lowest BCUT2D eigenvalue weighted by molar-refractivity contribution is 0.309. The normalized spacial score (nSPS) is 10.3. The van der Waals surface area contributed by atoms with Gasteiger partial charge < -0.3 is 4.74 Å². The monoisotopic (exact) mass is 244 g/mol. The molecular formula is C16H17FO. The minimum atomic E-state index is -0.218. The Morgan fingerprint density at radius 1 is 1.00 bits per heavy atom. The van der Waals surface area contributed by atoms with Crippen LogP contribution >= 0.6 is 0 Å². The predicted molar refractivity (Wildman–Crippen MR) is 72.2 cm³/mol. The van der Waals surface area contributed by atoms with Crippen molar-refractivity contribution in [3.8, 4) is 16.9 Å². The third-order valence-electron chi connectivity index (χ3n) is 2.76. The fourth-order valence-electron chi connectivity index (χ4n) is 1.77. The second-order valence-corrected chi connectivity index (χ2v) is 4.24. The Bertz CT molecular complexity index is 508. The van der Waals surface area contributed by atoms with Gasteiger partial charge in [0.1, 0.15) is 11.6 Å². The van der Waals surface area contributed by atoms with Gasteiger partial charge in [-0.15, -0.1) is 0 Å². The van der Waals surface area contributed by atoms with Gasteiger partial charge in [-0.05, 0) is 41.8 Å². The lowest BCUT2D eigenvalue weighted by atomic mass is 10.1. The number of rotatable bonds is 5. The highest BCUT2D eigenvalue weighted by molar-refractivity contribution is 5.64. The summed E-state index contributed by atoms with van der Waals surface area (Å²) < 4.78 is 18.8. The largest absolute Gasteiger partial charge is 0.494 e. The summed E-state index contributed by atoms with van der Waals surface area (Å²) in [6.45, 7) is 2.86. The maximum Gasteiger partial charge on any atom is 0.123 e. The molecule has 0 aromatic heterocycles. The quantitative estimate of drug-likeness (QED) is 0.694. The summed E-state index contributed by atoms with van der Waals surface area (Å²) in [5.41, 5.74) is 1.85. The first-order valence-electron chi connectivity index (χ1n) is 6.28. The Kier molecular flexibility index (Phi) is 4.35. The summed E-state index contributed by atoms with van der Waals surface area (Å²) in [5, 5.41) is 0. The van der Waals surface area contributed by atoms with E-state index >= 15 is 0 Å². The highest BCUT2D eigenvalue weighted by atomic mass is 19.1. The van der Waals surface area contributed by atoms with Gasteiger partial charge in [-0.25, -0.2) is 4.39 Å². The topological polar surface area (TPSA) is 9.23 Å². The van der Waals surface area contributed by atoms with Gasteiger partial charge in [-0.3, -0.25) is 0 Å². The molecule has 2 rings (SSSR count). The van der Waals surface area contributed by atoms with Gasteiger partial charge >= 0.3 is 0 Å². The van der Waals surface area contributed by atoms with Crippen LogP contribution in [0.25, 0.3) is 11.1 Å². The Morgan fingerprint density at radius 3 is 2.44 bits per heavy atom. The van der Waals surface area contributed by atoms with Crippen LogP contribution in [0.4, 0.5) is 4.39 Å².